The molecular formula is C8H7BrFNO2. The van der Waals surface area contributed by atoms with E-state index in [1.54, 1.807) is 0 Å². The van der Waals surface area contributed by atoms with Crippen LogP contribution in [0.5, 0.6) is 0 Å². The molecule has 0 saturated carbocycles. The lowest BCUT2D eigenvalue weighted by Gasteiger charge is -2.00. The number of pyridine rings is 1. The summed E-state index contributed by atoms with van der Waals surface area (Å²) in [6.45, 7) is 0. The van der Waals surface area contributed by atoms with Gasteiger partial charge in [0.1, 0.15) is 0 Å². The standard InChI is InChI=1S/C8H7BrFNO2/c9-6-3-5(1-2-7(12)13)8(10)11-4-6/h3-4H,1-2H2,(H,12,13). The number of hydrogen-bond acceptors (Lipinski definition) is 2. The van der Waals surface area contributed by atoms with Crippen LogP contribution in [0.2, 0.25) is 0 Å². The number of carbonyl (C=O) groups is 1. The molecule has 0 saturated heterocycles. The zero-order valence-electron chi connectivity index (χ0n) is 6.63. The van der Waals surface area contributed by atoms with Crippen molar-refractivity contribution in [3.63, 3.8) is 0 Å². The van der Waals surface area contributed by atoms with Crippen LogP contribution < -0.4 is 0 Å². The van der Waals surface area contributed by atoms with E-state index in [-0.39, 0.29) is 12.8 Å². The van der Waals surface area contributed by atoms with Crippen molar-refractivity contribution in [2.24, 2.45) is 0 Å². The molecule has 0 aromatic carbocycles. The van der Waals surface area contributed by atoms with Crippen LogP contribution in [0.1, 0.15) is 12.0 Å². The second-order valence-corrected chi connectivity index (χ2v) is 3.41. The van der Waals surface area contributed by atoms with Crippen molar-refractivity contribution in [2.45, 2.75) is 12.8 Å². The summed E-state index contributed by atoms with van der Waals surface area (Å²) in [5, 5.41) is 8.38. The van der Waals surface area contributed by atoms with Gasteiger partial charge in [0.25, 0.3) is 0 Å². The van der Waals surface area contributed by atoms with Crippen molar-refractivity contribution in [1.82, 2.24) is 4.98 Å². The highest BCUT2D eigenvalue weighted by atomic mass is 79.9. The molecule has 70 valence electrons. The minimum absolute atomic E-state index is 0.0882. The van der Waals surface area contributed by atoms with Gasteiger partial charge in [-0.2, -0.15) is 4.39 Å². The van der Waals surface area contributed by atoms with E-state index in [0.717, 1.165) is 0 Å². The van der Waals surface area contributed by atoms with E-state index < -0.39 is 11.9 Å². The van der Waals surface area contributed by atoms with Gasteiger partial charge in [-0.3, -0.25) is 4.79 Å². The smallest absolute Gasteiger partial charge is 0.303 e. The second-order valence-electron chi connectivity index (χ2n) is 2.50. The van der Waals surface area contributed by atoms with E-state index >= 15 is 0 Å². The highest BCUT2D eigenvalue weighted by Gasteiger charge is 2.06. The Morgan fingerprint density at radius 2 is 2.38 bits per heavy atom. The summed E-state index contributed by atoms with van der Waals surface area (Å²) in [7, 11) is 0. The minimum Gasteiger partial charge on any atom is -0.481 e. The minimum atomic E-state index is -0.945. The van der Waals surface area contributed by atoms with Crippen LogP contribution in [0.4, 0.5) is 4.39 Å². The first-order valence-electron chi connectivity index (χ1n) is 3.61. The SMILES string of the molecule is O=C(O)CCc1cc(Br)cnc1F. The Hall–Kier alpha value is -0.970. The Labute approximate surface area is 82.7 Å². The molecule has 3 nitrogen and oxygen atoms in total. The predicted molar refractivity (Wildman–Crippen MR) is 47.9 cm³/mol. The Morgan fingerprint density at radius 3 is 3.00 bits per heavy atom. The number of aliphatic carboxylic acids is 1. The van der Waals surface area contributed by atoms with E-state index in [1.165, 1.54) is 12.3 Å². The van der Waals surface area contributed by atoms with E-state index in [0.29, 0.717) is 10.0 Å². The predicted octanol–water partition coefficient (Wildman–Crippen LogP) is 2.00. The van der Waals surface area contributed by atoms with Crippen molar-refractivity contribution < 1.29 is 14.3 Å². The van der Waals surface area contributed by atoms with E-state index in [2.05, 4.69) is 20.9 Å². The van der Waals surface area contributed by atoms with Crippen LogP contribution in [0, 0.1) is 5.95 Å². The fourth-order valence-electron chi connectivity index (χ4n) is 0.881. The van der Waals surface area contributed by atoms with Crippen LogP contribution >= 0.6 is 15.9 Å². The van der Waals surface area contributed by atoms with Crippen molar-refractivity contribution in [1.29, 1.82) is 0 Å². The van der Waals surface area contributed by atoms with Gasteiger partial charge >= 0.3 is 5.97 Å². The van der Waals surface area contributed by atoms with Gasteiger partial charge in [-0.1, -0.05) is 0 Å². The number of hydrogen-bond donors (Lipinski definition) is 1. The average molecular weight is 248 g/mol. The van der Waals surface area contributed by atoms with Gasteiger partial charge in [0.05, 0.1) is 0 Å². The highest BCUT2D eigenvalue weighted by Crippen LogP contribution is 2.14. The van der Waals surface area contributed by atoms with Crippen molar-refractivity contribution >= 4 is 21.9 Å². The van der Waals surface area contributed by atoms with Gasteiger partial charge < -0.3 is 5.11 Å². The van der Waals surface area contributed by atoms with Crippen molar-refractivity contribution in [3.05, 3.63) is 28.2 Å². The molecule has 1 rings (SSSR count). The molecule has 0 bridgehead atoms. The number of carboxylic acid groups (broad SMARTS) is 1. The molecule has 1 heterocycles. The topological polar surface area (TPSA) is 50.2 Å². The summed E-state index contributed by atoms with van der Waals surface area (Å²) in [6, 6.07) is 1.53. The summed E-state index contributed by atoms with van der Waals surface area (Å²) in [4.78, 5) is 13.7. The fraction of sp³-hybridized carbons (Fsp3) is 0.250. The lowest BCUT2D eigenvalue weighted by molar-refractivity contribution is -0.136. The van der Waals surface area contributed by atoms with Crippen LogP contribution in [-0.4, -0.2) is 16.1 Å². The van der Waals surface area contributed by atoms with E-state index in [1.807, 2.05) is 0 Å². The molecule has 13 heavy (non-hydrogen) atoms. The summed E-state index contributed by atoms with van der Waals surface area (Å²) < 4.78 is 13.5. The highest BCUT2D eigenvalue weighted by molar-refractivity contribution is 9.10. The largest absolute Gasteiger partial charge is 0.481 e. The van der Waals surface area contributed by atoms with Crippen molar-refractivity contribution in [2.75, 3.05) is 0 Å². The van der Waals surface area contributed by atoms with Crippen LogP contribution in [0.15, 0.2) is 16.7 Å². The maximum absolute atomic E-state index is 12.9. The normalized spacial score (nSPS) is 10.0. The van der Waals surface area contributed by atoms with Gasteiger partial charge in [0.15, 0.2) is 0 Å². The third-order valence-electron chi connectivity index (χ3n) is 1.49. The van der Waals surface area contributed by atoms with Gasteiger partial charge in [-0.15, -0.1) is 0 Å². The maximum atomic E-state index is 12.9. The number of aryl methyl sites for hydroxylation is 1. The lowest BCUT2D eigenvalue weighted by atomic mass is 10.1. The van der Waals surface area contributed by atoms with Gasteiger partial charge in [0.2, 0.25) is 5.95 Å². The molecular weight excluding hydrogens is 241 g/mol. The summed E-state index contributed by atoms with van der Waals surface area (Å²) >= 11 is 3.13. The molecule has 0 aliphatic carbocycles. The molecule has 0 fully saturated rings. The number of carboxylic acids is 1. The first-order chi connectivity index (χ1) is 6.09. The zero-order valence-corrected chi connectivity index (χ0v) is 8.21. The fourth-order valence-corrected chi connectivity index (χ4v) is 1.26. The molecule has 0 unspecified atom stereocenters. The number of halogens is 2. The summed E-state index contributed by atoms with van der Waals surface area (Å²) in [5.41, 5.74) is 0.316. The monoisotopic (exact) mass is 247 g/mol. The van der Waals surface area contributed by atoms with Crippen LogP contribution in [-0.2, 0) is 11.2 Å². The van der Waals surface area contributed by atoms with E-state index in [9.17, 15) is 9.18 Å². The molecule has 1 N–H and O–H groups in total. The Kier molecular flexibility index (Phi) is 3.36. The van der Waals surface area contributed by atoms with Gasteiger partial charge in [-0.05, 0) is 28.4 Å². The Bertz CT molecular complexity index is 330. The van der Waals surface area contributed by atoms with Crippen LogP contribution in [0.3, 0.4) is 0 Å². The maximum Gasteiger partial charge on any atom is 0.303 e. The summed E-state index contributed by atoms with van der Waals surface area (Å²) in [6.07, 6.45) is 1.41. The molecule has 0 spiro atoms. The molecule has 0 amide bonds. The Morgan fingerprint density at radius 1 is 1.69 bits per heavy atom. The second kappa shape index (κ2) is 4.32. The Balaban J connectivity index is 2.75. The third kappa shape index (κ3) is 3.10. The molecule has 1 aromatic rings. The number of rotatable bonds is 3. The van der Waals surface area contributed by atoms with Gasteiger partial charge in [-0.25, -0.2) is 4.98 Å². The van der Waals surface area contributed by atoms with Gasteiger partial charge in [0, 0.05) is 22.7 Å². The zero-order chi connectivity index (χ0) is 9.84. The molecule has 5 heteroatoms. The first-order valence-corrected chi connectivity index (χ1v) is 4.40. The molecule has 0 aliphatic rings. The first kappa shape index (κ1) is 10.1. The lowest BCUT2D eigenvalue weighted by Crippen LogP contribution is -2.00. The molecule has 0 aliphatic heterocycles. The third-order valence-corrected chi connectivity index (χ3v) is 1.92. The molecule has 1 aromatic heterocycles. The number of aromatic nitrogens is 1. The quantitative estimate of drug-likeness (QED) is 0.832. The van der Waals surface area contributed by atoms with E-state index in [4.69, 9.17) is 5.11 Å². The van der Waals surface area contributed by atoms with Crippen molar-refractivity contribution in [3.8, 4) is 0 Å². The number of nitrogens with zero attached hydrogens (tertiary/aromatic N) is 1. The average Bonchev–Trinajstić information content (AvgIpc) is 2.06. The molecule has 0 radical (unpaired) electrons. The van der Waals surface area contributed by atoms with Crippen LogP contribution in [0.25, 0.3) is 0 Å². The molecule has 0 atom stereocenters. The summed E-state index contributed by atoms with van der Waals surface area (Å²) in [5.74, 6) is -1.55.